The molecule has 35 heavy (non-hydrogen) atoms. The van der Waals surface area contributed by atoms with E-state index in [9.17, 15) is 14.4 Å². The summed E-state index contributed by atoms with van der Waals surface area (Å²) >= 11 is 0. The molecule has 0 heterocycles. The van der Waals surface area contributed by atoms with Gasteiger partial charge in [-0.15, -0.1) is 0 Å². The molecule has 4 aromatic carbocycles. The van der Waals surface area contributed by atoms with E-state index in [4.69, 9.17) is 4.74 Å². The number of anilines is 2. The molecular formula is C27H22N4O4. The van der Waals surface area contributed by atoms with Gasteiger partial charge in [0, 0.05) is 16.8 Å². The van der Waals surface area contributed by atoms with Gasteiger partial charge in [0.1, 0.15) is 5.75 Å². The van der Waals surface area contributed by atoms with Crippen molar-refractivity contribution in [3.05, 3.63) is 103 Å². The highest BCUT2D eigenvalue weighted by Gasteiger charge is 2.14. The predicted octanol–water partition coefficient (Wildman–Crippen LogP) is 3.95. The zero-order chi connectivity index (χ0) is 24.5. The molecule has 8 heteroatoms. The molecule has 0 aliphatic rings. The van der Waals surface area contributed by atoms with E-state index in [1.807, 2.05) is 48.5 Å². The number of fused-ring (bicyclic) bond motifs is 1. The topological polar surface area (TPSA) is 109 Å². The number of ether oxygens (including phenoxy) is 1. The van der Waals surface area contributed by atoms with Gasteiger partial charge in [-0.25, -0.2) is 5.43 Å². The van der Waals surface area contributed by atoms with Crippen molar-refractivity contribution < 1.29 is 19.1 Å². The summed E-state index contributed by atoms with van der Waals surface area (Å²) in [7, 11) is 0. The van der Waals surface area contributed by atoms with Crippen molar-refractivity contribution in [3.8, 4) is 5.75 Å². The first kappa shape index (κ1) is 23.2. The first-order valence-corrected chi connectivity index (χ1v) is 10.8. The first-order valence-electron chi connectivity index (χ1n) is 10.8. The molecule has 0 radical (unpaired) electrons. The second kappa shape index (κ2) is 11.2. The van der Waals surface area contributed by atoms with Gasteiger partial charge in [0.2, 0.25) is 0 Å². The van der Waals surface area contributed by atoms with Crippen molar-refractivity contribution in [2.75, 3.05) is 17.2 Å². The van der Waals surface area contributed by atoms with Crippen LogP contribution in [0.25, 0.3) is 10.8 Å². The molecule has 0 saturated carbocycles. The zero-order valence-corrected chi connectivity index (χ0v) is 18.6. The maximum Gasteiger partial charge on any atom is 0.329 e. The van der Waals surface area contributed by atoms with Gasteiger partial charge in [0.05, 0.1) is 6.21 Å². The van der Waals surface area contributed by atoms with Gasteiger partial charge in [0.15, 0.2) is 6.61 Å². The summed E-state index contributed by atoms with van der Waals surface area (Å²) in [6.07, 6.45) is 1.40. The fourth-order valence-corrected chi connectivity index (χ4v) is 3.25. The minimum absolute atomic E-state index is 0.135. The Morgan fingerprint density at radius 3 is 2.26 bits per heavy atom. The lowest BCUT2D eigenvalue weighted by molar-refractivity contribution is -0.136. The van der Waals surface area contributed by atoms with Crippen LogP contribution in [0.5, 0.6) is 5.75 Å². The van der Waals surface area contributed by atoms with Gasteiger partial charge in [-0.2, -0.15) is 5.10 Å². The van der Waals surface area contributed by atoms with E-state index in [0.29, 0.717) is 22.7 Å². The van der Waals surface area contributed by atoms with Crippen molar-refractivity contribution in [3.63, 3.8) is 0 Å². The van der Waals surface area contributed by atoms with Crippen LogP contribution in [0.15, 0.2) is 102 Å². The monoisotopic (exact) mass is 466 g/mol. The summed E-state index contributed by atoms with van der Waals surface area (Å²) in [5, 5.41) is 11.0. The van der Waals surface area contributed by atoms with E-state index >= 15 is 0 Å². The number of hydrogen-bond donors (Lipinski definition) is 3. The van der Waals surface area contributed by atoms with E-state index in [1.165, 1.54) is 6.21 Å². The van der Waals surface area contributed by atoms with Crippen LogP contribution in [0.3, 0.4) is 0 Å². The molecule has 0 unspecified atom stereocenters. The molecule has 0 aliphatic heterocycles. The predicted molar refractivity (Wildman–Crippen MR) is 135 cm³/mol. The third-order valence-electron chi connectivity index (χ3n) is 4.93. The molecule has 0 atom stereocenters. The van der Waals surface area contributed by atoms with Crippen molar-refractivity contribution in [1.29, 1.82) is 0 Å². The minimum Gasteiger partial charge on any atom is -0.484 e. The number of para-hydroxylation sites is 1. The average Bonchev–Trinajstić information content (AvgIpc) is 2.89. The van der Waals surface area contributed by atoms with Crippen LogP contribution in [0.2, 0.25) is 0 Å². The Bertz CT molecular complexity index is 1360. The normalized spacial score (nSPS) is 10.6. The molecule has 174 valence electrons. The molecule has 0 saturated heterocycles. The molecular weight excluding hydrogens is 444 g/mol. The van der Waals surface area contributed by atoms with Crippen molar-refractivity contribution in [2.45, 2.75) is 0 Å². The lowest BCUT2D eigenvalue weighted by Crippen LogP contribution is -2.32. The maximum atomic E-state index is 12.2. The Morgan fingerprint density at radius 2 is 1.46 bits per heavy atom. The van der Waals surface area contributed by atoms with Crippen LogP contribution in [-0.4, -0.2) is 30.5 Å². The van der Waals surface area contributed by atoms with Crippen LogP contribution >= 0.6 is 0 Å². The third kappa shape index (κ3) is 6.52. The highest BCUT2D eigenvalue weighted by atomic mass is 16.5. The van der Waals surface area contributed by atoms with Crippen molar-refractivity contribution >= 4 is 46.1 Å². The highest BCUT2D eigenvalue weighted by Crippen LogP contribution is 2.22. The number of carbonyl (C=O) groups excluding carboxylic acids is 3. The Balaban J connectivity index is 1.24. The summed E-state index contributed by atoms with van der Waals surface area (Å²) in [6.45, 7) is -0.135. The molecule has 3 amide bonds. The molecule has 4 aromatic rings. The number of nitrogens with one attached hydrogen (secondary N) is 3. The van der Waals surface area contributed by atoms with Gasteiger partial charge in [-0.3, -0.25) is 14.4 Å². The Kier molecular flexibility index (Phi) is 7.45. The van der Waals surface area contributed by atoms with Crippen molar-refractivity contribution in [2.24, 2.45) is 5.10 Å². The second-order valence-corrected chi connectivity index (χ2v) is 7.45. The number of amides is 3. The Labute approximate surface area is 201 Å². The molecule has 0 spiro atoms. The molecule has 3 N–H and O–H groups in total. The lowest BCUT2D eigenvalue weighted by Gasteiger charge is -2.08. The van der Waals surface area contributed by atoms with Crippen LogP contribution in [-0.2, 0) is 14.4 Å². The SMILES string of the molecule is O=C(COc1ccc(/C=N\NC(=O)C(=O)Nc2cccc3ccccc23)cc1)Nc1ccccc1. The molecule has 0 aromatic heterocycles. The van der Waals surface area contributed by atoms with Gasteiger partial charge >= 0.3 is 11.8 Å². The van der Waals surface area contributed by atoms with E-state index in [-0.39, 0.29) is 12.5 Å². The van der Waals surface area contributed by atoms with E-state index < -0.39 is 11.8 Å². The molecule has 0 bridgehead atoms. The number of benzene rings is 4. The first-order chi connectivity index (χ1) is 17.1. The summed E-state index contributed by atoms with van der Waals surface area (Å²) in [6, 6.07) is 28.9. The van der Waals surface area contributed by atoms with Gasteiger partial charge in [0.25, 0.3) is 5.91 Å². The van der Waals surface area contributed by atoms with Crippen molar-refractivity contribution in [1.82, 2.24) is 5.43 Å². The van der Waals surface area contributed by atoms with Crippen LogP contribution in [0.4, 0.5) is 11.4 Å². The van der Waals surface area contributed by atoms with E-state index in [0.717, 1.165) is 10.8 Å². The molecule has 4 rings (SSSR count). The number of hydrogen-bond acceptors (Lipinski definition) is 5. The van der Waals surface area contributed by atoms with Crippen LogP contribution < -0.4 is 20.8 Å². The van der Waals surface area contributed by atoms with E-state index in [1.54, 1.807) is 48.5 Å². The van der Waals surface area contributed by atoms with Crippen LogP contribution in [0.1, 0.15) is 5.56 Å². The van der Waals surface area contributed by atoms with Gasteiger partial charge in [-0.05, 0) is 53.4 Å². The number of nitrogens with zero attached hydrogens (tertiary/aromatic N) is 1. The average molecular weight is 466 g/mol. The Morgan fingerprint density at radius 1 is 0.743 bits per heavy atom. The standard InChI is InChI=1S/C27H22N4O4/c32-25(29-21-9-2-1-3-10-21)18-35-22-15-13-19(14-16-22)17-28-31-27(34)26(33)30-24-12-6-8-20-7-4-5-11-23(20)24/h1-17H,18H2,(H,29,32)(H,30,33)(H,31,34)/b28-17-. The third-order valence-corrected chi connectivity index (χ3v) is 4.93. The smallest absolute Gasteiger partial charge is 0.329 e. The quantitative estimate of drug-likeness (QED) is 0.218. The number of carbonyl (C=O) groups is 3. The molecule has 8 nitrogen and oxygen atoms in total. The fraction of sp³-hybridized carbons (Fsp3) is 0.0370. The Hall–Kier alpha value is -4.98. The largest absolute Gasteiger partial charge is 0.484 e. The second-order valence-electron chi connectivity index (χ2n) is 7.45. The minimum atomic E-state index is -0.890. The summed E-state index contributed by atoms with van der Waals surface area (Å²) in [5.41, 5.74) is 4.12. The molecule has 0 fully saturated rings. The van der Waals surface area contributed by atoms with Crippen LogP contribution in [0, 0.1) is 0 Å². The highest BCUT2D eigenvalue weighted by molar-refractivity contribution is 6.40. The lowest BCUT2D eigenvalue weighted by atomic mass is 10.1. The summed E-state index contributed by atoms with van der Waals surface area (Å²) < 4.78 is 5.48. The van der Waals surface area contributed by atoms with E-state index in [2.05, 4.69) is 21.2 Å². The maximum absolute atomic E-state index is 12.2. The fourth-order valence-electron chi connectivity index (χ4n) is 3.25. The zero-order valence-electron chi connectivity index (χ0n) is 18.6. The van der Waals surface area contributed by atoms with Gasteiger partial charge in [-0.1, -0.05) is 54.6 Å². The molecule has 0 aliphatic carbocycles. The summed E-state index contributed by atoms with van der Waals surface area (Å²) in [5.74, 6) is -1.48. The number of rotatable bonds is 7. The van der Waals surface area contributed by atoms with Gasteiger partial charge < -0.3 is 15.4 Å². The number of hydrazone groups is 1. The summed E-state index contributed by atoms with van der Waals surface area (Å²) in [4.78, 5) is 36.3.